The van der Waals surface area contributed by atoms with Gasteiger partial charge in [0.15, 0.2) is 5.78 Å². The molecule has 20 heavy (non-hydrogen) atoms. The van der Waals surface area contributed by atoms with E-state index in [9.17, 15) is 9.59 Å². The van der Waals surface area contributed by atoms with Gasteiger partial charge in [0.25, 0.3) is 5.91 Å². The topological polar surface area (TPSA) is 46.2 Å². The van der Waals surface area contributed by atoms with E-state index >= 15 is 0 Å². The van der Waals surface area contributed by atoms with Crippen molar-refractivity contribution in [1.82, 2.24) is 0 Å². The van der Waals surface area contributed by atoms with Crippen LogP contribution in [-0.4, -0.2) is 11.7 Å². The molecule has 0 radical (unpaired) electrons. The van der Waals surface area contributed by atoms with E-state index in [-0.39, 0.29) is 11.7 Å². The minimum atomic E-state index is -0.279. The third-order valence-corrected chi connectivity index (χ3v) is 3.47. The highest BCUT2D eigenvalue weighted by molar-refractivity contribution is 6.42. The van der Waals surface area contributed by atoms with Gasteiger partial charge in [-0.15, -0.1) is 0 Å². The van der Waals surface area contributed by atoms with Crippen molar-refractivity contribution in [3.05, 3.63) is 63.6 Å². The summed E-state index contributed by atoms with van der Waals surface area (Å²) in [6, 6.07) is 11.3. The van der Waals surface area contributed by atoms with Crippen LogP contribution in [0.15, 0.2) is 42.5 Å². The van der Waals surface area contributed by atoms with Crippen LogP contribution in [0.5, 0.6) is 0 Å². The van der Waals surface area contributed by atoms with Gasteiger partial charge in [0.2, 0.25) is 0 Å². The Morgan fingerprint density at radius 1 is 0.900 bits per heavy atom. The number of Topliss-reactive ketones (excluding diaryl/α,β-unsaturated/α-hetero) is 1. The smallest absolute Gasteiger partial charge is 0.255 e. The van der Waals surface area contributed by atoms with Crippen molar-refractivity contribution in [3.63, 3.8) is 0 Å². The molecule has 1 amide bonds. The predicted molar refractivity (Wildman–Crippen MR) is 80.9 cm³/mol. The molecule has 2 rings (SSSR count). The Bertz CT molecular complexity index is 666. The van der Waals surface area contributed by atoms with Crippen molar-refractivity contribution < 1.29 is 9.59 Å². The Hall–Kier alpha value is -1.84. The maximum atomic E-state index is 12.0. The quantitative estimate of drug-likeness (QED) is 0.852. The van der Waals surface area contributed by atoms with Gasteiger partial charge in [-0.25, -0.2) is 0 Å². The molecule has 3 nitrogen and oxygen atoms in total. The summed E-state index contributed by atoms with van der Waals surface area (Å²) in [6.45, 7) is 1.48. The molecule has 1 N–H and O–H groups in total. The first kappa shape index (κ1) is 14.6. The zero-order chi connectivity index (χ0) is 14.7. The molecule has 0 aliphatic heterocycles. The second-order valence-electron chi connectivity index (χ2n) is 4.22. The van der Waals surface area contributed by atoms with Gasteiger partial charge in [0.1, 0.15) is 0 Å². The molecule has 102 valence electrons. The summed E-state index contributed by atoms with van der Waals surface area (Å²) in [5.41, 5.74) is 1.58. The van der Waals surface area contributed by atoms with Crippen molar-refractivity contribution in [1.29, 1.82) is 0 Å². The maximum Gasteiger partial charge on any atom is 0.255 e. The van der Waals surface area contributed by atoms with E-state index in [0.717, 1.165) is 0 Å². The minimum Gasteiger partial charge on any atom is -0.322 e. The van der Waals surface area contributed by atoms with Gasteiger partial charge in [-0.3, -0.25) is 9.59 Å². The first-order valence-corrected chi connectivity index (χ1v) is 6.60. The van der Waals surface area contributed by atoms with Crippen LogP contribution >= 0.6 is 23.2 Å². The third-order valence-electron chi connectivity index (χ3n) is 2.73. The Morgan fingerprint density at radius 2 is 1.50 bits per heavy atom. The standard InChI is InChI=1S/C15H11Cl2NO2/c1-9(19)10-2-4-11(5-3-10)15(20)18-12-6-7-13(16)14(17)8-12/h2-8H,1H3,(H,18,20). The lowest BCUT2D eigenvalue weighted by Gasteiger charge is -2.06. The van der Waals surface area contributed by atoms with E-state index < -0.39 is 0 Å². The number of nitrogens with one attached hydrogen (secondary N) is 1. The van der Waals surface area contributed by atoms with E-state index in [1.807, 2.05) is 0 Å². The van der Waals surface area contributed by atoms with Crippen LogP contribution in [0.4, 0.5) is 5.69 Å². The normalized spacial score (nSPS) is 10.2. The highest BCUT2D eigenvalue weighted by atomic mass is 35.5. The second kappa shape index (κ2) is 6.07. The van der Waals surface area contributed by atoms with E-state index in [1.165, 1.54) is 6.92 Å². The van der Waals surface area contributed by atoms with E-state index in [2.05, 4.69) is 5.32 Å². The molecule has 0 fully saturated rings. The molecule has 0 saturated carbocycles. The molecule has 0 spiro atoms. The summed E-state index contributed by atoms with van der Waals surface area (Å²) in [7, 11) is 0. The molecule has 0 bridgehead atoms. The number of hydrogen-bond donors (Lipinski definition) is 1. The monoisotopic (exact) mass is 307 g/mol. The number of carbonyl (C=O) groups is 2. The lowest BCUT2D eigenvalue weighted by molar-refractivity contribution is 0.101. The first-order valence-electron chi connectivity index (χ1n) is 5.85. The van der Waals surface area contributed by atoms with Crippen molar-refractivity contribution in [2.24, 2.45) is 0 Å². The molecule has 0 atom stereocenters. The molecule has 5 heteroatoms. The van der Waals surface area contributed by atoms with Crippen LogP contribution in [0.2, 0.25) is 10.0 Å². The van der Waals surface area contributed by atoms with E-state index in [4.69, 9.17) is 23.2 Å². The predicted octanol–water partition coefficient (Wildman–Crippen LogP) is 4.45. The first-order chi connectivity index (χ1) is 9.47. The number of hydrogen-bond acceptors (Lipinski definition) is 2. The number of amides is 1. The average molecular weight is 308 g/mol. The lowest BCUT2D eigenvalue weighted by Crippen LogP contribution is -2.12. The Balaban J connectivity index is 2.15. The Morgan fingerprint density at radius 3 is 2.05 bits per heavy atom. The Labute approximate surface area is 126 Å². The number of benzene rings is 2. The van der Waals surface area contributed by atoms with Crippen LogP contribution in [0.3, 0.4) is 0 Å². The van der Waals surface area contributed by atoms with Crippen LogP contribution in [0.1, 0.15) is 27.6 Å². The van der Waals surface area contributed by atoms with Crippen LogP contribution in [-0.2, 0) is 0 Å². The zero-order valence-corrected chi connectivity index (χ0v) is 12.1. The number of anilines is 1. The minimum absolute atomic E-state index is 0.0403. The fourth-order valence-corrected chi connectivity index (χ4v) is 1.93. The molecule has 0 aromatic heterocycles. The van der Waals surface area contributed by atoms with Crippen molar-refractivity contribution in [2.75, 3.05) is 5.32 Å². The second-order valence-corrected chi connectivity index (χ2v) is 5.03. The van der Waals surface area contributed by atoms with Crippen molar-refractivity contribution in [3.8, 4) is 0 Å². The Kier molecular flexibility index (Phi) is 4.42. The molecule has 0 unspecified atom stereocenters. The lowest BCUT2D eigenvalue weighted by atomic mass is 10.1. The number of ketones is 1. The molecular weight excluding hydrogens is 297 g/mol. The van der Waals surface area contributed by atoms with Gasteiger partial charge in [0.05, 0.1) is 10.0 Å². The van der Waals surface area contributed by atoms with Crippen molar-refractivity contribution >= 4 is 40.6 Å². The van der Waals surface area contributed by atoms with Crippen LogP contribution < -0.4 is 5.32 Å². The van der Waals surface area contributed by atoms with Gasteiger partial charge in [-0.05, 0) is 37.3 Å². The largest absolute Gasteiger partial charge is 0.322 e. The van der Waals surface area contributed by atoms with E-state index in [1.54, 1.807) is 42.5 Å². The summed E-state index contributed by atoms with van der Waals surface area (Å²) in [4.78, 5) is 23.2. The van der Waals surface area contributed by atoms with Crippen LogP contribution in [0, 0.1) is 0 Å². The highest BCUT2D eigenvalue weighted by Crippen LogP contribution is 2.25. The summed E-state index contributed by atoms with van der Waals surface area (Å²) in [5, 5.41) is 3.51. The summed E-state index contributed by atoms with van der Waals surface area (Å²) < 4.78 is 0. The van der Waals surface area contributed by atoms with Gasteiger partial charge in [0, 0.05) is 16.8 Å². The molecule has 2 aromatic carbocycles. The molecule has 2 aromatic rings. The van der Waals surface area contributed by atoms with Gasteiger partial charge >= 0.3 is 0 Å². The fourth-order valence-electron chi connectivity index (χ4n) is 1.63. The zero-order valence-electron chi connectivity index (χ0n) is 10.6. The van der Waals surface area contributed by atoms with Gasteiger partial charge in [-0.2, -0.15) is 0 Å². The summed E-state index contributed by atoms with van der Waals surface area (Å²) in [6.07, 6.45) is 0. The fraction of sp³-hybridized carbons (Fsp3) is 0.0667. The van der Waals surface area contributed by atoms with Crippen LogP contribution in [0.25, 0.3) is 0 Å². The maximum absolute atomic E-state index is 12.0. The van der Waals surface area contributed by atoms with Gasteiger partial charge in [-0.1, -0.05) is 35.3 Å². The molecule has 0 heterocycles. The highest BCUT2D eigenvalue weighted by Gasteiger charge is 2.08. The third kappa shape index (κ3) is 3.38. The molecule has 0 aliphatic rings. The van der Waals surface area contributed by atoms with Crippen molar-refractivity contribution in [2.45, 2.75) is 6.92 Å². The summed E-state index contributed by atoms with van der Waals surface area (Å²) >= 11 is 11.7. The number of halogens is 2. The number of carbonyl (C=O) groups excluding carboxylic acids is 2. The molecule has 0 aliphatic carbocycles. The average Bonchev–Trinajstić information content (AvgIpc) is 2.43. The van der Waals surface area contributed by atoms with Gasteiger partial charge < -0.3 is 5.32 Å². The summed E-state index contributed by atoms with van der Waals surface area (Å²) in [5.74, 6) is -0.320. The van der Waals surface area contributed by atoms with E-state index in [0.29, 0.717) is 26.9 Å². The number of rotatable bonds is 3. The molecular formula is C15H11Cl2NO2. The SMILES string of the molecule is CC(=O)c1ccc(C(=O)Nc2ccc(Cl)c(Cl)c2)cc1. The molecule has 0 saturated heterocycles.